The van der Waals surface area contributed by atoms with Gasteiger partial charge in [-0.2, -0.15) is 18.3 Å². The minimum Gasteiger partial charge on any atom is -0.341 e. The van der Waals surface area contributed by atoms with Gasteiger partial charge >= 0.3 is 12.2 Å². The number of nitrogens with one attached hydrogen (secondary N) is 2. The molecule has 1 heterocycles. The zero-order valence-corrected chi connectivity index (χ0v) is 9.58. The highest BCUT2D eigenvalue weighted by Crippen LogP contribution is 2.27. The van der Waals surface area contributed by atoms with Crippen molar-refractivity contribution in [2.45, 2.75) is 19.1 Å². The summed E-state index contributed by atoms with van der Waals surface area (Å²) in [7, 11) is 1.31. The first kappa shape index (κ1) is 14.0. The molecule has 0 bridgehead atoms. The number of alkyl halides is 3. The Balaban J connectivity index is 2.78. The predicted octanol–water partition coefficient (Wildman–Crippen LogP) is 0.918. The molecule has 18 heavy (non-hydrogen) atoms. The molecule has 0 fully saturated rings. The number of imide groups is 1. The van der Waals surface area contributed by atoms with Crippen molar-refractivity contribution < 1.29 is 22.8 Å². The second-order valence-corrected chi connectivity index (χ2v) is 3.42. The molecule has 9 heteroatoms. The number of rotatable bonds is 2. The number of hydrogen-bond donors (Lipinski definition) is 2. The molecule has 3 amide bonds. The minimum atomic E-state index is -4.57. The molecule has 1 unspecified atom stereocenters. The van der Waals surface area contributed by atoms with Crippen molar-refractivity contribution in [3.05, 3.63) is 18.0 Å². The van der Waals surface area contributed by atoms with Crippen LogP contribution in [0.2, 0.25) is 0 Å². The van der Waals surface area contributed by atoms with Crippen LogP contribution in [0, 0.1) is 0 Å². The zero-order valence-electron chi connectivity index (χ0n) is 9.58. The van der Waals surface area contributed by atoms with Gasteiger partial charge in [-0.25, -0.2) is 4.79 Å². The lowest BCUT2D eigenvalue weighted by molar-refractivity contribution is -0.142. The first-order valence-electron chi connectivity index (χ1n) is 4.90. The highest BCUT2D eigenvalue weighted by atomic mass is 19.4. The van der Waals surface area contributed by atoms with Crippen molar-refractivity contribution in [2.24, 2.45) is 0 Å². The van der Waals surface area contributed by atoms with Crippen molar-refractivity contribution in [2.75, 3.05) is 7.05 Å². The third-order valence-corrected chi connectivity index (χ3v) is 2.14. The average Bonchev–Trinajstić information content (AvgIpc) is 2.76. The number of hydrogen-bond acceptors (Lipinski definition) is 3. The second-order valence-electron chi connectivity index (χ2n) is 3.42. The van der Waals surface area contributed by atoms with Crippen LogP contribution in [0.15, 0.2) is 12.3 Å². The summed E-state index contributed by atoms with van der Waals surface area (Å²) in [6, 6.07) is -1.02. The Hall–Kier alpha value is -2.06. The molecule has 100 valence electrons. The fourth-order valence-corrected chi connectivity index (χ4v) is 1.10. The molecule has 1 rings (SSSR count). The van der Waals surface area contributed by atoms with Gasteiger partial charge in [-0.05, 0) is 13.0 Å². The van der Waals surface area contributed by atoms with Crippen molar-refractivity contribution in [1.82, 2.24) is 20.4 Å². The maximum absolute atomic E-state index is 12.3. The predicted molar refractivity (Wildman–Crippen MR) is 54.5 cm³/mol. The summed E-state index contributed by atoms with van der Waals surface area (Å²) in [6.45, 7) is 1.32. The number of carbonyl (C=O) groups is 2. The molecule has 1 aromatic heterocycles. The van der Waals surface area contributed by atoms with Gasteiger partial charge in [-0.3, -0.25) is 14.8 Å². The monoisotopic (exact) mass is 264 g/mol. The summed E-state index contributed by atoms with van der Waals surface area (Å²) < 4.78 is 37.7. The topological polar surface area (TPSA) is 76.0 Å². The van der Waals surface area contributed by atoms with Gasteiger partial charge in [0.25, 0.3) is 5.91 Å². The molecule has 0 aromatic carbocycles. The number of amides is 3. The normalized spacial score (nSPS) is 12.9. The van der Waals surface area contributed by atoms with Crippen molar-refractivity contribution >= 4 is 11.9 Å². The molecule has 2 N–H and O–H groups in total. The Labute approximate surface area is 100 Å². The minimum absolute atomic E-state index is 0.741. The van der Waals surface area contributed by atoms with E-state index in [-0.39, 0.29) is 0 Å². The summed E-state index contributed by atoms with van der Waals surface area (Å²) in [5.74, 6) is -0.758. The van der Waals surface area contributed by atoms with Gasteiger partial charge in [0.1, 0.15) is 6.04 Å². The molecule has 0 radical (unpaired) electrons. The van der Waals surface area contributed by atoms with Crippen LogP contribution in [-0.2, 0) is 11.0 Å². The summed E-state index contributed by atoms with van der Waals surface area (Å²) in [5, 5.41) is 7.33. The van der Waals surface area contributed by atoms with E-state index < -0.39 is 29.9 Å². The van der Waals surface area contributed by atoms with Gasteiger partial charge in [0, 0.05) is 13.2 Å². The van der Waals surface area contributed by atoms with E-state index in [2.05, 4.69) is 10.4 Å². The summed E-state index contributed by atoms with van der Waals surface area (Å²) in [4.78, 5) is 22.3. The quantitative estimate of drug-likeness (QED) is 0.833. The second kappa shape index (κ2) is 5.07. The molecular weight excluding hydrogens is 253 g/mol. The largest absolute Gasteiger partial charge is 0.435 e. The summed E-state index contributed by atoms with van der Waals surface area (Å²) in [6.07, 6.45) is -3.54. The maximum Gasteiger partial charge on any atom is 0.435 e. The number of nitrogens with zero attached hydrogens (tertiary/aromatic N) is 2. The SMILES string of the molecule is CNC(=O)NC(=O)C(C)n1ccc(C(F)(F)F)n1. The molecule has 0 spiro atoms. The number of halogens is 3. The summed E-state index contributed by atoms with van der Waals surface area (Å²) >= 11 is 0. The van der Waals surface area contributed by atoms with Gasteiger partial charge < -0.3 is 5.32 Å². The van der Waals surface area contributed by atoms with Gasteiger partial charge in [0.2, 0.25) is 0 Å². The van der Waals surface area contributed by atoms with E-state index in [9.17, 15) is 22.8 Å². The third-order valence-electron chi connectivity index (χ3n) is 2.14. The molecule has 0 saturated heterocycles. The van der Waals surface area contributed by atoms with Crippen LogP contribution < -0.4 is 10.6 Å². The van der Waals surface area contributed by atoms with Crippen molar-refractivity contribution in [3.63, 3.8) is 0 Å². The lowest BCUT2D eigenvalue weighted by Crippen LogP contribution is -2.41. The first-order chi connectivity index (χ1) is 8.25. The molecule has 0 aliphatic heterocycles. The Bertz CT molecular complexity index is 455. The fourth-order valence-electron chi connectivity index (χ4n) is 1.10. The van der Waals surface area contributed by atoms with E-state index in [0.29, 0.717) is 0 Å². The van der Waals surface area contributed by atoms with Crippen LogP contribution in [0.25, 0.3) is 0 Å². The molecule has 0 aliphatic rings. The number of urea groups is 1. The van der Waals surface area contributed by atoms with Crippen LogP contribution in [0.1, 0.15) is 18.7 Å². The zero-order chi connectivity index (χ0) is 13.9. The highest BCUT2D eigenvalue weighted by molar-refractivity contribution is 5.95. The van der Waals surface area contributed by atoms with Crippen LogP contribution in [-0.4, -0.2) is 28.8 Å². The first-order valence-corrected chi connectivity index (χ1v) is 4.90. The standard InChI is InChI=1S/C9H11F3N4O2/c1-5(7(17)14-8(18)13-2)16-4-3-6(15-16)9(10,11)12/h3-5H,1-2H3,(H2,13,14,17,18). The highest BCUT2D eigenvalue weighted by Gasteiger charge is 2.34. The lowest BCUT2D eigenvalue weighted by atomic mass is 10.3. The Kier molecular flexibility index (Phi) is 3.94. The van der Waals surface area contributed by atoms with E-state index in [1.807, 2.05) is 5.32 Å². The Morgan fingerprint density at radius 1 is 1.44 bits per heavy atom. The number of aromatic nitrogens is 2. The molecule has 1 aromatic rings. The Morgan fingerprint density at radius 2 is 2.06 bits per heavy atom. The van der Waals surface area contributed by atoms with Crippen molar-refractivity contribution in [3.8, 4) is 0 Å². The molecule has 0 saturated carbocycles. The fraction of sp³-hybridized carbons (Fsp3) is 0.444. The van der Waals surface area contributed by atoms with E-state index in [1.54, 1.807) is 0 Å². The molecule has 0 aliphatic carbocycles. The van der Waals surface area contributed by atoms with Crippen molar-refractivity contribution in [1.29, 1.82) is 0 Å². The third kappa shape index (κ3) is 3.22. The van der Waals surface area contributed by atoms with Gasteiger partial charge in [-0.15, -0.1) is 0 Å². The van der Waals surface area contributed by atoms with Crippen LogP contribution in [0.5, 0.6) is 0 Å². The van der Waals surface area contributed by atoms with Gasteiger partial charge in [0.15, 0.2) is 5.69 Å². The average molecular weight is 264 g/mol. The van der Waals surface area contributed by atoms with Crippen LogP contribution >= 0.6 is 0 Å². The van der Waals surface area contributed by atoms with E-state index >= 15 is 0 Å². The van der Waals surface area contributed by atoms with Gasteiger partial charge in [-0.1, -0.05) is 0 Å². The van der Waals surface area contributed by atoms with E-state index in [1.165, 1.54) is 14.0 Å². The maximum atomic E-state index is 12.3. The molecular formula is C9H11F3N4O2. The van der Waals surface area contributed by atoms with Crippen LogP contribution in [0.3, 0.4) is 0 Å². The van der Waals surface area contributed by atoms with Crippen LogP contribution in [0.4, 0.5) is 18.0 Å². The van der Waals surface area contributed by atoms with Gasteiger partial charge in [0.05, 0.1) is 0 Å². The Morgan fingerprint density at radius 3 is 2.50 bits per heavy atom. The molecule has 6 nitrogen and oxygen atoms in total. The smallest absolute Gasteiger partial charge is 0.341 e. The number of carbonyl (C=O) groups excluding carboxylic acids is 2. The van der Waals surface area contributed by atoms with E-state index in [0.717, 1.165) is 16.9 Å². The van der Waals surface area contributed by atoms with E-state index in [4.69, 9.17) is 0 Å². The lowest BCUT2D eigenvalue weighted by Gasteiger charge is -2.11. The summed E-state index contributed by atoms with van der Waals surface area (Å²) in [5.41, 5.74) is -1.10. The molecule has 1 atom stereocenters.